The second-order valence-electron chi connectivity index (χ2n) is 4.49. The molecule has 2 heterocycles. The Morgan fingerprint density at radius 1 is 0.842 bits per heavy atom. The van der Waals surface area contributed by atoms with E-state index >= 15 is 0 Å². The standard InChI is InChI=1S/C16H10N2S/c1-2-4-14-12(3-1)8-17-10-15(14)11-5-6-13-9-18-19-16(13)7-11/h1-10H. The van der Waals surface area contributed by atoms with Gasteiger partial charge in [0.1, 0.15) is 0 Å². The first-order chi connectivity index (χ1) is 9.42. The number of hydrogen-bond acceptors (Lipinski definition) is 3. The summed E-state index contributed by atoms with van der Waals surface area (Å²) in [5.41, 5.74) is 2.37. The Kier molecular flexibility index (Phi) is 2.32. The topological polar surface area (TPSA) is 25.8 Å². The van der Waals surface area contributed by atoms with E-state index in [0.717, 1.165) is 0 Å². The fraction of sp³-hybridized carbons (Fsp3) is 0. The summed E-state index contributed by atoms with van der Waals surface area (Å²) in [4.78, 5) is 4.34. The lowest BCUT2D eigenvalue weighted by molar-refractivity contribution is 1.36. The molecule has 4 rings (SSSR count). The van der Waals surface area contributed by atoms with E-state index in [9.17, 15) is 0 Å². The van der Waals surface area contributed by atoms with Crippen molar-refractivity contribution in [2.75, 3.05) is 0 Å². The monoisotopic (exact) mass is 262 g/mol. The summed E-state index contributed by atoms with van der Waals surface area (Å²) in [7, 11) is 0. The Hall–Kier alpha value is -2.26. The van der Waals surface area contributed by atoms with Crippen LogP contribution in [-0.2, 0) is 0 Å². The molecule has 0 radical (unpaired) electrons. The maximum Gasteiger partial charge on any atom is 0.0556 e. The van der Waals surface area contributed by atoms with Crippen molar-refractivity contribution in [1.82, 2.24) is 9.36 Å². The number of benzene rings is 2. The van der Waals surface area contributed by atoms with Crippen LogP contribution in [0.25, 0.3) is 32.0 Å². The zero-order valence-corrected chi connectivity index (χ0v) is 10.9. The maximum absolute atomic E-state index is 4.34. The van der Waals surface area contributed by atoms with Crippen LogP contribution in [0.3, 0.4) is 0 Å². The number of fused-ring (bicyclic) bond motifs is 2. The molecule has 0 N–H and O–H groups in total. The van der Waals surface area contributed by atoms with Crippen LogP contribution in [0.5, 0.6) is 0 Å². The molecule has 0 aliphatic heterocycles. The number of aromatic nitrogens is 2. The van der Waals surface area contributed by atoms with E-state index in [0.29, 0.717) is 0 Å². The van der Waals surface area contributed by atoms with Gasteiger partial charge in [-0.2, -0.15) is 4.37 Å². The van der Waals surface area contributed by atoms with Gasteiger partial charge < -0.3 is 0 Å². The lowest BCUT2D eigenvalue weighted by Crippen LogP contribution is -1.83. The van der Waals surface area contributed by atoms with Crippen LogP contribution < -0.4 is 0 Å². The molecule has 0 amide bonds. The quantitative estimate of drug-likeness (QED) is 0.504. The molecule has 0 aliphatic rings. The number of rotatable bonds is 1. The zero-order valence-electron chi connectivity index (χ0n) is 10.1. The van der Waals surface area contributed by atoms with Crippen molar-refractivity contribution >= 4 is 32.4 Å². The van der Waals surface area contributed by atoms with Gasteiger partial charge in [-0.1, -0.05) is 36.4 Å². The third kappa shape index (κ3) is 1.71. The van der Waals surface area contributed by atoms with Crippen LogP contribution >= 0.6 is 11.5 Å². The third-order valence-electron chi connectivity index (χ3n) is 3.34. The summed E-state index contributed by atoms with van der Waals surface area (Å²) < 4.78 is 5.44. The summed E-state index contributed by atoms with van der Waals surface area (Å²) in [5, 5.41) is 3.60. The van der Waals surface area contributed by atoms with Crippen molar-refractivity contribution < 1.29 is 0 Å². The smallest absolute Gasteiger partial charge is 0.0556 e. The molecule has 0 aliphatic carbocycles. The number of nitrogens with zero attached hydrogens (tertiary/aromatic N) is 2. The van der Waals surface area contributed by atoms with E-state index in [-0.39, 0.29) is 0 Å². The average Bonchev–Trinajstić information content (AvgIpc) is 2.94. The molecule has 90 valence electrons. The highest BCUT2D eigenvalue weighted by atomic mass is 32.1. The van der Waals surface area contributed by atoms with Gasteiger partial charge >= 0.3 is 0 Å². The van der Waals surface area contributed by atoms with E-state index < -0.39 is 0 Å². The van der Waals surface area contributed by atoms with Gasteiger partial charge in [-0.25, -0.2) is 0 Å². The normalized spacial score (nSPS) is 11.2. The summed E-state index contributed by atoms with van der Waals surface area (Å²) in [6.07, 6.45) is 5.75. The number of pyridine rings is 1. The predicted octanol–water partition coefficient (Wildman–Crippen LogP) is 4.51. The summed E-state index contributed by atoms with van der Waals surface area (Å²) in [6.45, 7) is 0. The Morgan fingerprint density at radius 2 is 1.79 bits per heavy atom. The Bertz CT molecular complexity index is 875. The highest BCUT2D eigenvalue weighted by Crippen LogP contribution is 2.30. The minimum atomic E-state index is 1.17. The Morgan fingerprint density at radius 3 is 2.79 bits per heavy atom. The lowest BCUT2D eigenvalue weighted by Gasteiger charge is -2.06. The van der Waals surface area contributed by atoms with Gasteiger partial charge in [0.05, 0.1) is 4.70 Å². The molecular formula is C16H10N2S. The molecular weight excluding hydrogens is 252 g/mol. The van der Waals surface area contributed by atoms with Crippen LogP contribution in [0, 0.1) is 0 Å². The third-order valence-corrected chi connectivity index (χ3v) is 4.10. The lowest BCUT2D eigenvalue weighted by atomic mass is 10.0. The van der Waals surface area contributed by atoms with Crippen LogP contribution in [0.2, 0.25) is 0 Å². The average molecular weight is 262 g/mol. The molecule has 0 bridgehead atoms. The Balaban J connectivity index is 2.03. The van der Waals surface area contributed by atoms with Crippen molar-refractivity contribution in [3.8, 4) is 11.1 Å². The number of hydrogen-bond donors (Lipinski definition) is 0. The molecule has 4 aromatic rings. The first-order valence-corrected chi connectivity index (χ1v) is 6.87. The SMILES string of the molecule is c1ccc2c(-c3ccc4cnsc4c3)cncc2c1. The molecule has 3 heteroatoms. The van der Waals surface area contributed by atoms with Crippen LogP contribution in [0.4, 0.5) is 0 Å². The first-order valence-electron chi connectivity index (χ1n) is 6.09. The van der Waals surface area contributed by atoms with E-state index in [1.165, 1.54) is 43.5 Å². The van der Waals surface area contributed by atoms with Gasteiger partial charge in [-0.15, -0.1) is 0 Å². The first kappa shape index (κ1) is 10.6. The van der Waals surface area contributed by atoms with Gasteiger partial charge in [0.2, 0.25) is 0 Å². The molecule has 0 fully saturated rings. The van der Waals surface area contributed by atoms with E-state index in [4.69, 9.17) is 0 Å². The molecule has 0 unspecified atom stereocenters. The molecule has 0 spiro atoms. The largest absolute Gasteiger partial charge is 0.263 e. The van der Waals surface area contributed by atoms with Crippen molar-refractivity contribution in [2.24, 2.45) is 0 Å². The molecule has 0 saturated carbocycles. The van der Waals surface area contributed by atoms with E-state index in [2.05, 4.69) is 45.8 Å². The summed E-state index contributed by atoms with van der Waals surface area (Å²) in [6, 6.07) is 14.8. The highest BCUT2D eigenvalue weighted by molar-refractivity contribution is 7.13. The minimum absolute atomic E-state index is 1.17. The van der Waals surface area contributed by atoms with Gasteiger partial charge in [-0.05, 0) is 28.5 Å². The maximum atomic E-state index is 4.34. The molecule has 2 aromatic heterocycles. The van der Waals surface area contributed by atoms with E-state index in [1.807, 2.05) is 24.7 Å². The fourth-order valence-corrected chi connectivity index (χ4v) is 3.06. The van der Waals surface area contributed by atoms with Crippen molar-refractivity contribution in [3.05, 3.63) is 61.1 Å². The van der Waals surface area contributed by atoms with Gasteiger partial charge in [0.15, 0.2) is 0 Å². The van der Waals surface area contributed by atoms with Crippen molar-refractivity contribution in [2.45, 2.75) is 0 Å². The second kappa shape index (κ2) is 4.14. The predicted molar refractivity (Wildman–Crippen MR) is 80.4 cm³/mol. The van der Waals surface area contributed by atoms with Crippen LogP contribution in [0.1, 0.15) is 0 Å². The minimum Gasteiger partial charge on any atom is -0.263 e. The van der Waals surface area contributed by atoms with Gasteiger partial charge in [0.25, 0.3) is 0 Å². The van der Waals surface area contributed by atoms with Crippen LogP contribution in [-0.4, -0.2) is 9.36 Å². The zero-order chi connectivity index (χ0) is 12.7. The van der Waals surface area contributed by atoms with Crippen molar-refractivity contribution in [3.63, 3.8) is 0 Å². The molecule has 0 saturated heterocycles. The summed E-state index contributed by atoms with van der Waals surface area (Å²) in [5.74, 6) is 0. The molecule has 2 nitrogen and oxygen atoms in total. The second-order valence-corrected chi connectivity index (χ2v) is 5.32. The van der Waals surface area contributed by atoms with Crippen LogP contribution in [0.15, 0.2) is 61.1 Å². The fourth-order valence-electron chi connectivity index (χ4n) is 2.37. The Labute approximate surface area is 114 Å². The van der Waals surface area contributed by atoms with Gasteiger partial charge in [-0.3, -0.25) is 4.98 Å². The van der Waals surface area contributed by atoms with Crippen molar-refractivity contribution in [1.29, 1.82) is 0 Å². The summed E-state index contributed by atoms with van der Waals surface area (Å²) >= 11 is 1.53. The van der Waals surface area contributed by atoms with E-state index in [1.54, 1.807) is 0 Å². The molecule has 0 atom stereocenters. The molecule has 19 heavy (non-hydrogen) atoms. The van der Waals surface area contributed by atoms with Gasteiger partial charge in [0, 0.05) is 34.9 Å². The molecule has 2 aromatic carbocycles. The highest BCUT2D eigenvalue weighted by Gasteiger charge is 2.05.